The van der Waals surface area contributed by atoms with Crippen molar-refractivity contribution < 1.29 is 70.4 Å². The van der Waals surface area contributed by atoms with Gasteiger partial charge in [-0.2, -0.15) is 52.3 Å². The number of hydrogen-bond donors (Lipinski definition) is 1. The Bertz CT molecular complexity index is 603. The van der Waals surface area contributed by atoms with Gasteiger partial charge in [-0.05, 0) is 6.42 Å². The maximum Gasteiger partial charge on any atom is 0.384 e. The molecular formula is C10H10F12O4S. The van der Waals surface area contributed by atoms with Crippen LogP contribution in [0.5, 0.6) is 0 Å². The molecule has 0 amide bonds. The topological polar surface area (TPSA) is 63.6 Å². The molecule has 0 atom stereocenters. The monoisotopic (exact) mass is 454 g/mol. The van der Waals surface area contributed by atoms with Crippen LogP contribution in [0.4, 0.5) is 52.7 Å². The average Bonchev–Trinajstić information content (AvgIpc) is 2.44. The van der Waals surface area contributed by atoms with Crippen LogP contribution in [0, 0.1) is 0 Å². The minimum absolute atomic E-state index is 0.823. The van der Waals surface area contributed by atoms with E-state index in [4.69, 9.17) is 4.55 Å². The molecule has 27 heavy (non-hydrogen) atoms. The Morgan fingerprint density at radius 2 is 1.26 bits per heavy atom. The molecule has 0 saturated carbocycles. The first-order valence-electron chi connectivity index (χ1n) is 6.35. The maximum atomic E-state index is 13.2. The molecule has 0 saturated heterocycles. The van der Waals surface area contributed by atoms with E-state index < -0.39 is 71.5 Å². The van der Waals surface area contributed by atoms with Crippen LogP contribution in [0.1, 0.15) is 6.42 Å². The highest BCUT2D eigenvalue weighted by molar-refractivity contribution is 7.85. The molecule has 0 aliphatic heterocycles. The predicted molar refractivity (Wildman–Crippen MR) is 62.6 cm³/mol. The highest BCUT2D eigenvalue weighted by atomic mass is 32.2. The summed E-state index contributed by atoms with van der Waals surface area (Å²) in [5, 5.41) is 0. The average molecular weight is 454 g/mol. The Morgan fingerprint density at radius 3 is 1.63 bits per heavy atom. The summed E-state index contributed by atoms with van der Waals surface area (Å²) in [5.41, 5.74) is 0. The Labute approximate surface area is 143 Å². The van der Waals surface area contributed by atoms with Gasteiger partial charge < -0.3 is 4.74 Å². The summed E-state index contributed by atoms with van der Waals surface area (Å²) in [6.45, 7) is -3.96. The molecule has 0 aliphatic rings. The van der Waals surface area contributed by atoms with E-state index in [-0.39, 0.29) is 0 Å². The van der Waals surface area contributed by atoms with Crippen LogP contribution >= 0.6 is 0 Å². The van der Waals surface area contributed by atoms with Gasteiger partial charge in [0.2, 0.25) is 0 Å². The summed E-state index contributed by atoms with van der Waals surface area (Å²) in [6, 6.07) is 0. The van der Waals surface area contributed by atoms with E-state index >= 15 is 0 Å². The first-order chi connectivity index (χ1) is 11.7. The fourth-order valence-electron chi connectivity index (χ4n) is 1.41. The minimum Gasteiger partial charge on any atom is -0.375 e. The molecule has 0 radical (unpaired) electrons. The van der Waals surface area contributed by atoms with Crippen LogP contribution in [0.3, 0.4) is 0 Å². The lowest BCUT2D eigenvalue weighted by molar-refractivity contribution is -0.415. The third-order valence-electron chi connectivity index (χ3n) is 2.92. The van der Waals surface area contributed by atoms with Crippen molar-refractivity contribution in [2.75, 3.05) is 19.0 Å². The van der Waals surface area contributed by atoms with Crippen molar-refractivity contribution in [2.45, 2.75) is 42.5 Å². The van der Waals surface area contributed by atoms with Crippen molar-refractivity contribution in [3.05, 3.63) is 0 Å². The van der Waals surface area contributed by atoms with Gasteiger partial charge in [0.25, 0.3) is 10.1 Å². The first-order valence-corrected chi connectivity index (χ1v) is 7.96. The molecule has 17 heteroatoms. The fraction of sp³-hybridized carbons (Fsp3) is 1.00. The Balaban J connectivity index is 5.43. The molecular weight excluding hydrogens is 444 g/mol. The molecule has 0 bridgehead atoms. The van der Waals surface area contributed by atoms with E-state index in [0.717, 1.165) is 0 Å². The van der Waals surface area contributed by atoms with E-state index in [9.17, 15) is 61.1 Å². The highest BCUT2D eigenvalue weighted by Gasteiger charge is 2.87. The van der Waals surface area contributed by atoms with Crippen LogP contribution in [0.2, 0.25) is 0 Å². The van der Waals surface area contributed by atoms with Gasteiger partial charge in [0.15, 0.2) is 0 Å². The lowest BCUT2D eigenvalue weighted by Crippen LogP contribution is -2.69. The second-order valence-corrected chi connectivity index (χ2v) is 6.62. The van der Waals surface area contributed by atoms with Gasteiger partial charge in [-0.3, -0.25) is 4.55 Å². The molecule has 0 aromatic carbocycles. The highest BCUT2D eigenvalue weighted by Crippen LogP contribution is 2.58. The molecule has 4 nitrogen and oxygen atoms in total. The van der Waals surface area contributed by atoms with Crippen molar-refractivity contribution >= 4 is 10.1 Å². The number of hydrogen-bond acceptors (Lipinski definition) is 3. The van der Waals surface area contributed by atoms with E-state index in [1.165, 1.54) is 0 Å². The zero-order chi connectivity index (χ0) is 22.1. The van der Waals surface area contributed by atoms with Crippen molar-refractivity contribution in [1.29, 1.82) is 0 Å². The molecule has 0 spiro atoms. The van der Waals surface area contributed by atoms with Crippen molar-refractivity contribution in [3.8, 4) is 0 Å². The smallest absolute Gasteiger partial charge is 0.375 e. The van der Waals surface area contributed by atoms with E-state index in [0.29, 0.717) is 0 Å². The van der Waals surface area contributed by atoms with Crippen molar-refractivity contribution in [1.82, 2.24) is 0 Å². The number of rotatable bonds is 11. The third kappa shape index (κ3) is 5.10. The fourth-order valence-corrected chi connectivity index (χ4v) is 1.89. The number of halogens is 12. The van der Waals surface area contributed by atoms with Crippen molar-refractivity contribution in [2.24, 2.45) is 0 Å². The van der Waals surface area contributed by atoms with E-state index in [1.807, 2.05) is 0 Å². The molecule has 0 unspecified atom stereocenters. The molecule has 0 heterocycles. The van der Waals surface area contributed by atoms with Gasteiger partial charge in [-0.1, -0.05) is 0 Å². The summed E-state index contributed by atoms with van der Waals surface area (Å²) in [7, 11) is -4.62. The SMILES string of the molecule is O=S(=O)(O)CCCOCC(F)(F)C(F)(F)C(F)(F)C(F)(F)C(F)(F)C(F)F. The second-order valence-electron chi connectivity index (χ2n) is 5.04. The predicted octanol–water partition coefficient (Wildman–Crippen LogP) is 3.72. The second kappa shape index (κ2) is 7.81. The molecule has 0 aliphatic carbocycles. The Hall–Kier alpha value is -0.970. The summed E-state index contributed by atoms with van der Waals surface area (Å²) in [6.07, 6.45) is -6.41. The van der Waals surface area contributed by atoms with E-state index in [2.05, 4.69) is 4.74 Å². The molecule has 1 N–H and O–H groups in total. The Morgan fingerprint density at radius 1 is 0.815 bits per heavy atom. The normalized spacial score (nSPS) is 15.5. The zero-order valence-electron chi connectivity index (χ0n) is 12.5. The summed E-state index contributed by atoms with van der Waals surface area (Å²) >= 11 is 0. The van der Waals surface area contributed by atoms with Gasteiger partial charge in [-0.25, -0.2) is 8.78 Å². The lowest BCUT2D eigenvalue weighted by atomic mass is 9.94. The van der Waals surface area contributed by atoms with Crippen LogP contribution < -0.4 is 0 Å². The largest absolute Gasteiger partial charge is 0.384 e. The number of alkyl halides is 12. The first kappa shape index (κ1) is 26.0. The lowest BCUT2D eigenvalue weighted by Gasteiger charge is -2.39. The van der Waals surface area contributed by atoms with Crippen LogP contribution in [-0.2, 0) is 14.9 Å². The Kier molecular flexibility index (Phi) is 7.53. The van der Waals surface area contributed by atoms with Gasteiger partial charge in [0.1, 0.15) is 6.61 Å². The van der Waals surface area contributed by atoms with Crippen LogP contribution in [-0.4, -0.2) is 68.0 Å². The molecule has 0 rings (SSSR count). The summed E-state index contributed by atoms with van der Waals surface area (Å²) in [4.78, 5) is 0. The van der Waals surface area contributed by atoms with E-state index in [1.54, 1.807) is 0 Å². The summed E-state index contributed by atoms with van der Waals surface area (Å²) in [5.74, 6) is -37.0. The quantitative estimate of drug-likeness (QED) is 0.294. The standard InChI is InChI=1S/C10H10F12O4S/c11-5(12)7(15,16)9(19,20)10(21,22)8(17,18)6(13,14)4-26-2-1-3-27(23,24)25/h5H,1-4H2,(H,23,24,25). The van der Waals surface area contributed by atoms with Gasteiger partial charge in [0, 0.05) is 6.61 Å². The van der Waals surface area contributed by atoms with Crippen LogP contribution in [0.15, 0.2) is 0 Å². The van der Waals surface area contributed by atoms with Gasteiger partial charge >= 0.3 is 36.0 Å². The zero-order valence-corrected chi connectivity index (χ0v) is 13.3. The maximum absolute atomic E-state index is 13.2. The molecule has 0 aromatic heterocycles. The van der Waals surface area contributed by atoms with Gasteiger partial charge in [-0.15, -0.1) is 0 Å². The van der Waals surface area contributed by atoms with Crippen LogP contribution in [0.25, 0.3) is 0 Å². The molecule has 164 valence electrons. The number of ether oxygens (including phenoxy) is 1. The van der Waals surface area contributed by atoms with Crippen molar-refractivity contribution in [3.63, 3.8) is 0 Å². The molecule has 0 fully saturated rings. The summed E-state index contributed by atoms with van der Waals surface area (Å²) < 4.78 is 186. The molecule has 0 aromatic rings. The third-order valence-corrected chi connectivity index (χ3v) is 3.72. The van der Waals surface area contributed by atoms with Gasteiger partial charge in [0.05, 0.1) is 5.75 Å². The minimum atomic E-state index is -7.64.